The fourth-order valence-corrected chi connectivity index (χ4v) is 2.48. The molecule has 0 bridgehead atoms. The van der Waals surface area contributed by atoms with Crippen LogP contribution >= 0.6 is 11.3 Å². The number of thiophene rings is 1. The Hall–Kier alpha value is -1.80. The summed E-state index contributed by atoms with van der Waals surface area (Å²) >= 11 is 1.63. The first-order valence-electron chi connectivity index (χ1n) is 6.41. The number of nitrogens with two attached hydrogens (primary N) is 1. The molecule has 4 heteroatoms. The summed E-state index contributed by atoms with van der Waals surface area (Å²) in [7, 11) is 0. The van der Waals surface area contributed by atoms with Crippen LogP contribution in [0.3, 0.4) is 0 Å². The van der Waals surface area contributed by atoms with Crippen LogP contribution in [0.15, 0.2) is 35.7 Å². The molecule has 0 saturated heterocycles. The SMILES string of the molecule is NCC#Cc1ccsc1COc1ccc(CCO)cc1. The monoisotopic (exact) mass is 287 g/mol. The highest BCUT2D eigenvalue weighted by Gasteiger charge is 2.03. The van der Waals surface area contributed by atoms with Crippen LogP contribution in [0.2, 0.25) is 0 Å². The minimum atomic E-state index is 0.165. The van der Waals surface area contributed by atoms with E-state index in [9.17, 15) is 0 Å². The predicted octanol–water partition coefficient (Wildman–Crippen LogP) is 2.17. The average Bonchev–Trinajstić information content (AvgIpc) is 2.92. The maximum absolute atomic E-state index is 8.87. The Bertz CT molecular complexity index is 593. The molecule has 2 aromatic rings. The fraction of sp³-hybridized carbons (Fsp3) is 0.250. The van der Waals surface area contributed by atoms with Crippen LogP contribution in [0.1, 0.15) is 16.0 Å². The number of rotatable bonds is 5. The zero-order chi connectivity index (χ0) is 14.2. The lowest BCUT2D eigenvalue weighted by Crippen LogP contribution is -1.97. The Morgan fingerprint density at radius 1 is 1.20 bits per heavy atom. The quantitative estimate of drug-likeness (QED) is 0.829. The molecule has 1 aromatic heterocycles. The first-order valence-corrected chi connectivity index (χ1v) is 7.29. The molecule has 0 fully saturated rings. The normalized spacial score (nSPS) is 9.90. The predicted molar refractivity (Wildman–Crippen MR) is 81.8 cm³/mol. The van der Waals surface area contributed by atoms with E-state index in [4.69, 9.17) is 15.6 Å². The van der Waals surface area contributed by atoms with E-state index >= 15 is 0 Å². The molecule has 104 valence electrons. The third kappa shape index (κ3) is 4.10. The first-order chi connectivity index (χ1) is 9.83. The fourth-order valence-electron chi connectivity index (χ4n) is 1.74. The van der Waals surface area contributed by atoms with Crippen molar-refractivity contribution in [3.8, 4) is 17.6 Å². The summed E-state index contributed by atoms with van der Waals surface area (Å²) in [6.45, 7) is 1.03. The van der Waals surface area contributed by atoms with Gasteiger partial charge in [-0.3, -0.25) is 0 Å². The van der Waals surface area contributed by atoms with Gasteiger partial charge in [0.2, 0.25) is 0 Å². The van der Waals surface area contributed by atoms with Gasteiger partial charge in [0, 0.05) is 12.2 Å². The molecule has 0 amide bonds. The minimum absolute atomic E-state index is 0.165. The highest BCUT2D eigenvalue weighted by atomic mass is 32.1. The maximum Gasteiger partial charge on any atom is 0.124 e. The molecule has 3 nitrogen and oxygen atoms in total. The molecule has 20 heavy (non-hydrogen) atoms. The molecular weight excluding hydrogens is 270 g/mol. The Morgan fingerprint density at radius 2 is 2.00 bits per heavy atom. The van der Waals surface area contributed by atoms with Crippen LogP contribution in [0.5, 0.6) is 5.75 Å². The Morgan fingerprint density at radius 3 is 2.70 bits per heavy atom. The number of hydrogen-bond acceptors (Lipinski definition) is 4. The molecule has 2 rings (SSSR count). The molecule has 0 atom stereocenters. The summed E-state index contributed by atoms with van der Waals surface area (Å²) in [5, 5.41) is 10.9. The van der Waals surface area contributed by atoms with E-state index in [1.54, 1.807) is 11.3 Å². The van der Waals surface area contributed by atoms with E-state index < -0.39 is 0 Å². The van der Waals surface area contributed by atoms with Crippen molar-refractivity contribution in [2.75, 3.05) is 13.2 Å². The highest BCUT2D eigenvalue weighted by molar-refractivity contribution is 7.10. The van der Waals surface area contributed by atoms with Crippen LogP contribution in [0, 0.1) is 11.8 Å². The van der Waals surface area contributed by atoms with Gasteiger partial charge in [0.05, 0.1) is 11.4 Å². The number of benzene rings is 1. The second kappa shape index (κ2) is 7.71. The lowest BCUT2D eigenvalue weighted by atomic mass is 10.1. The van der Waals surface area contributed by atoms with Crippen LogP contribution in [0.4, 0.5) is 0 Å². The van der Waals surface area contributed by atoms with Gasteiger partial charge in [-0.2, -0.15) is 0 Å². The summed E-state index contributed by atoms with van der Waals surface area (Å²) in [4.78, 5) is 1.10. The van der Waals surface area contributed by atoms with E-state index in [2.05, 4.69) is 11.8 Å². The van der Waals surface area contributed by atoms with Crippen molar-refractivity contribution < 1.29 is 9.84 Å². The first kappa shape index (κ1) is 14.6. The lowest BCUT2D eigenvalue weighted by Gasteiger charge is -2.06. The van der Waals surface area contributed by atoms with Crippen molar-refractivity contribution in [3.63, 3.8) is 0 Å². The lowest BCUT2D eigenvalue weighted by molar-refractivity contribution is 0.298. The largest absolute Gasteiger partial charge is 0.488 e. The van der Waals surface area contributed by atoms with Gasteiger partial charge in [0.25, 0.3) is 0 Å². The van der Waals surface area contributed by atoms with Crippen LogP contribution in [0.25, 0.3) is 0 Å². The Kier molecular flexibility index (Phi) is 5.63. The molecule has 0 aliphatic rings. The molecule has 3 N–H and O–H groups in total. The van der Waals surface area contributed by atoms with Gasteiger partial charge >= 0.3 is 0 Å². The molecule has 0 saturated carbocycles. The maximum atomic E-state index is 8.87. The molecule has 0 aliphatic heterocycles. The summed E-state index contributed by atoms with van der Waals surface area (Å²) in [6, 6.07) is 9.76. The van der Waals surface area contributed by atoms with E-state index in [1.807, 2.05) is 35.7 Å². The number of aliphatic hydroxyl groups is 1. The second-order valence-electron chi connectivity index (χ2n) is 4.17. The number of ether oxygens (including phenoxy) is 1. The molecule has 0 unspecified atom stereocenters. The van der Waals surface area contributed by atoms with Gasteiger partial charge in [-0.05, 0) is 35.6 Å². The van der Waals surface area contributed by atoms with Crippen LogP contribution in [-0.2, 0) is 13.0 Å². The van der Waals surface area contributed by atoms with Gasteiger partial charge in [-0.15, -0.1) is 11.3 Å². The summed E-state index contributed by atoms with van der Waals surface area (Å²) in [5.41, 5.74) is 7.47. The van der Waals surface area contributed by atoms with Crippen LogP contribution in [-0.4, -0.2) is 18.3 Å². The third-order valence-electron chi connectivity index (χ3n) is 2.76. The average molecular weight is 287 g/mol. The van der Waals surface area contributed by atoms with Crippen molar-refractivity contribution in [3.05, 3.63) is 51.7 Å². The van der Waals surface area contributed by atoms with Gasteiger partial charge in [0.1, 0.15) is 12.4 Å². The van der Waals surface area contributed by atoms with Crippen molar-refractivity contribution in [1.29, 1.82) is 0 Å². The molecular formula is C16H17NO2S. The van der Waals surface area contributed by atoms with E-state index in [0.29, 0.717) is 19.6 Å². The van der Waals surface area contributed by atoms with E-state index in [0.717, 1.165) is 21.8 Å². The van der Waals surface area contributed by atoms with Crippen LogP contribution < -0.4 is 10.5 Å². The standard InChI is InChI=1S/C16H17NO2S/c17-9-1-2-14-8-11-20-16(14)12-19-15-5-3-13(4-6-15)7-10-18/h3-6,8,11,18H,7,9-10,12,17H2. The van der Waals surface area contributed by atoms with Crippen molar-refractivity contribution >= 4 is 11.3 Å². The summed E-state index contributed by atoms with van der Waals surface area (Å²) in [6.07, 6.45) is 0.671. The number of hydrogen-bond donors (Lipinski definition) is 2. The minimum Gasteiger partial charge on any atom is -0.488 e. The molecule has 0 aliphatic carbocycles. The topological polar surface area (TPSA) is 55.5 Å². The number of aliphatic hydroxyl groups excluding tert-OH is 1. The second-order valence-corrected chi connectivity index (χ2v) is 5.17. The molecule has 1 aromatic carbocycles. The van der Waals surface area contributed by atoms with Crippen molar-refractivity contribution in [2.24, 2.45) is 5.73 Å². The zero-order valence-electron chi connectivity index (χ0n) is 11.1. The third-order valence-corrected chi connectivity index (χ3v) is 3.66. The molecule has 1 heterocycles. The van der Waals surface area contributed by atoms with Crippen molar-refractivity contribution in [1.82, 2.24) is 0 Å². The summed E-state index contributed by atoms with van der Waals surface area (Å²) < 4.78 is 5.75. The van der Waals surface area contributed by atoms with Gasteiger partial charge in [-0.25, -0.2) is 0 Å². The van der Waals surface area contributed by atoms with Crippen molar-refractivity contribution in [2.45, 2.75) is 13.0 Å². The van der Waals surface area contributed by atoms with E-state index in [-0.39, 0.29) is 6.61 Å². The molecule has 0 radical (unpaired) electrons. The smallest absolute Gasteiger partial charge is 0.124 e. The van der Waals surface area contributed by atoms with E-state index in [1.165, 1.54) is 0 Å². The Balaban J connectivity index is 1.96. The Labute approximate surface area is 123 Å². The molecule has 0 spiro atoms. The summed E-state index contributed by atoms with van der Waals surface area (Å²) in [5.74, 6) is 6.72. The van der Waals surface area contributed by atoms with Gasteiger partial charge in [0.15, 0.2) is 0 Å². The van der Waals surface area contributed by atoms with Gasteiger partial charge < -0.3 is 15.6 Å². The highest BCUT2D eigenvalue weighted by Crippen LogP contribution is 2.20. The van der Waals surface area contributed by atoms with Gasteiger partial charge in [-0.1, -0.05) is 24.0 Å². The zero-order valence-corrected chi connectivity index (χ0v) is 12.0.